The van der Waals surface area contributed by atoms with Crippen LogP contribution in [0.3, 0.4) is 0 Å². The third-order valence-electron chi connectivity index (χ3n) is 3.56. The molecule has 0 bridgehead atoms. The van der Waals surface area contributed by atoms with Crippen LogP contribution >= 0.6 is 0 Å². The smallest absolute Gasteiger partial charge is 0.153 e. The van der Waals surface area contributed by atoms with Gasteiger partial charge in [-0.15, -0.1) is 0 Å². The lowest BCUT2D eigenvalue weighted by molar-refractivity contribution is 0.912. The summed E-state index contributed by atoms with van der Waals surface area (Å²) in [6.45, 7) is 0. The molecule has 0 fully saturated rings. The summed E-state index contributed by atoms with van der Waals surface area (Å²) in [7, 11) is 0. The molecule has 0 saturated heterocycles. The summed E-state index contributed by atoms with van der Waals surface area (Å²) in [5, 5.41) is 0. The third-order valence-corrected chi connectivity index (χ3v) is 3.56. The van der Waals surface area contributed by atoms with Crippen LogP contribution in [-0.4, -0.2) is 9.97 Å². The molecule has 0 saturated carbocycles. The van der Waals surface area contributed by atoms with Crippen molar-refractivity contribution in [3.8, 4) is 11.1 Å². The molecule has 0 unspecified atom stereocenters. The molecule has 1 aliphatic carbocycles. The number of aromatic nitrogens is 2. The maximum Gasteiger partial charge on any atom is 0.153 e. The second-order valence-corrected chi connectivity index (χ2v) is 4.71. The number of rotatable bonds is 2. The first-order valence-electron chi connectivity index (χ1n) is 6.40. The fourth-order valence-corrected chi connectivity index (χ4v) is 2.60. The minimum atomic E-state index is 0.603. The second-order valence-electron chi connectivity index (χ2n) is 4.71. The van der Waals surface area contributed by atoms with E-state index in [-0.39, 0.29) is 0 Å². The van der Waals surface area contributed by atoms with Gasteiger partial charge in [0.2, 0.25) is 0 Å². The van der Waals surface area contributed by atoms with Gasteiger partial charge in [0.1, 0.15) is 0 Å². The number of fused-ring (bicyclic) bond motifs is 1. The van der Waals surface area contributed by atoms with E-state index in [9.17, 15) is 0 Å². The Hall–Kier alpha value is -2.36. The third kappa shape index (κ3) is 2.05. The van der Waals surface area contributed by atoms with E-state index in [1.165, 1.54) is 23.7 Å². The highest BCUT2D eigenvalue weighted by molar-refractivity contribution is 5.79. The highest BCUT2D eigenvalue weighted by Crippen LogP contribution is 2.34. The van der Waals surface area contributed by atoms with Gasteiger partial charge in [0.25, 0.3) is 0 Å². The Morgan fingerprint density at radius 3 is 2.63 bits per heavy atom. The maximum absolute atomic E-state index is 6.27. The van der Waals surface area contributed by atoms with E-state index in [2.05, 4.69) is 22.1 Å². The fraction of sp³-hybridized carbons (Fsp3) is 0.200. The summed E-state index contributed by atoms with van der Waals surface area (Å²) in [6.07, 6.45) is 10.1. The lowest BCUT2D eigenvalue weighted by Crippen LogP contribution is -1.98. The van der Waals surface area contributed by atoms with Crippen LogP contribution in [0.15, 0.2) is 30.7 Å². The number of aryl methyl sites for hydroxylation is 1. The topological polar surface area (TPSA) is 77.8 Å². The SMILES string of the molecule is N/C=C\c1ncc(-c2ccc3c(c2N)CCC3)cn1. The van der Waals surface area contributed by atoms with E-state index in [1.54, 1.807) is 18.5 Å². The van der Waals surface area contributed by atoms with Gasteiger partial charge >= 0.3 is 0 Å². The molecule has 4 N–H and O–H groups in total. The summed E-state index contributed by atoms with van der Waals surface area (Å²) in [4.78, 5) is 8.49. The summed E-state index contributed by atoms with van der Waals surface area (Å²) in [5.41, 5.74) is 17.1. The Labute approximate surface area is 112 Å². The van der Waals surface area contributed by atoms with Gasteiger partial charge in [-0.1, -0.05) is 12.1 Å². The molecule has 0 atom stereocenters. The molecular formula is C15H16N4. The molecule has 4 heteroatoms. The number of benzene rings is 1. The predicted octanol–water partition coefficient (Wildman–Crippen LogP) is 2.14. The fourth-order valence-electron chi connectivity index (χ4n) is 2.60. The highest BCUT2D eigenvalue weighted by atomic mass is 14.9. The maximum atomic E-state index is 6.27. The molecule has 1 aromatic carbocycles. The van der Waals surface area contributed by atoms with Crippen LogP contribution in [-0.2, 0) is 12.8 Å². The van der Waals surface area contributed by atoms with Crippen molar-refractivity contribution in [2.45, 2.75) is 19.3 Å². The quantitative estimate of drug-likeness (QED) is 0.803. The number of hydrogen-bond donors (Lipinski definition) is 2. The van der Waals surface area contributed by atoms with Gasteiger partial charge in [-0.2, -0.15) is 0 Å². The van der Waals surface area contributed by atoms with Gasteiger partial charge in [0.05, 0.1) is 0 Å². The Bertz CT molecular complexity index is 629. The average Bonchev–Trinajstić information content (AvgIpc) is 2.90. The number of nitrogens with two attached hydrogens (primary N) is 2. The Balaban J connectivity index is 2.02. The lowest BCUT2D eigenvalue weighted by Gasteiger charge is -2.10. The van der Waals surface area contributed by atoms with Crippen molar-refractivity contribution < 1.29 is 0 Å². The summed E-state index contributed by atoms with van der Waals surface area (Å²) < 4.78 is 0. The van der Waals surface area contributed by atoms with Gasteiger partial charge in [0.15, 0.2) is 5.82 Å². The lowest BCUT2D eigenvalue weighted by atomic mass is 9.99. The van der Waals surface area contributed by atoms with E-state index in [0.29, 0.717) is 5.82 Å². The minimum absolute atomic E-state index is 0.603. The van der Waals surface area contributed by atoms with Crippen LogP contribution in [0.1, 0.15) is 23.4 Å². The zero-order chi connectivity index (χ0) is 13.2. The Kier molecular flexibility index (Phi) is 2.91. The molecule has 4 nitrogen and oxygen atoms in total. The van der Waals surface area contributed by atoms with Crippen molar-refractivity contribution in [3.63, 3.8) is 0 Å². The van der Waals surface area contributed by atoms with E-state index >= 15 is 0 Å². The summed E-state index contributed by atoms with van der Waals surface area (Å²) >= 11 is 0. The molecule has 2 aromatic rings. The monoisotopic (exact) mass is 252 g/mol. The van der Waals surface area contributed by atoms with Crippen LogP contribution in [0, 0.1) is 0 Å². The van der Waals surface area contributed by atoms with Crippen molar-refractivity contribution >= 4 is 11.8 Å². The van der Waals surface area contributed by atoms with Crippen molar-refractivity contribution in [1.82, 2.24) is 9.97 Å². The zero-order valence-electron chi connectivity index (χ0n) is 10.6. The van der Waals surface area contributed by atoms with Crippen LogP contribution in [0.4, 0.5) is 5.69 Å². The second kappa shape index (κ2) is 4.72. The summed E-state index contributed by atoms with van der Waals surface area (Å²) in [5.74, 6) is 0.603. The molecular weight excluding hydrogens is 236 g/mol. The average molecular weight is 252 g/mol. The Morgan fingerprint density at radius 1 is 1.11 bits per heavy atom. The van der Waals surface area contributed by atoms with E-state index in [0.717, 1.165) is 29.7 Å². The van der Waals surface area contributed by atoms with Crippen molar-refractivity contribution in [2.24, 2.45) is 5.73 Å². The van der Waals surface area contributed by atoms with Crippen molar-refractivity contribution in [2.75, 3.05) is 5.73 Å². The van der Waals surface area contributed by atoms with Gasteiger partial charge < -0.3 is 11.5 Å². The molecule has 96 valence electrons. The molecule has 0 radical (unpaired) electrons. The first kappa shape index (κ1) is 11.7. The van der Waals surface area contributed by atoms with Crippen LogP contribution in [0.25, 0.3) is 17.2 Å². The number of nitrogen functional groups attached to an aromatic ring is 1. The zero-order valence-corrected chi connectivity index (χ0v) is 10.6. The highest BCUT2D eigenvalue weighted by Gasteiger charge is 2.16. The van der Waals surface area contributed by atoms with Gasteiger partial charge in [-0.05, 0) is 42.7 Å². The van der Waals surface area contributed by atoms with Crippen LogP contribution < -0.4 is 11.5 Å². The van der Waals surface area contributed by atoms with Gasteiger partial charge in [-0.3, -0.25) is 0 Å². The molecule has 0 amide bonds. The molecule has 1 heterocycles. The van der Waals surface area contributed by atoms with E-state index in [4.69, 9.17) is 11.5 Å². The van der Waals surface area contributed by atoms with E-state index < -0.39 is 0 Å². The molecule has 3 rings (SSSR count). The molecule has 0 spiro atoms. The first-order valence-corrected chi connectivity index (χ1v) is 6.40. The standard InChI is InChI=1S/C15H16N4/c16-7-6-14-18-8-11(9-19-14)13-5-4-10-2-1-3-12(10)15(13)17/h4-9H,1-3,16-17H2/b7-6-. The van der Waals surface area contributed by atoms with Crippen molar-refractivity contribution in [1.29, 1.82) is 0 Å². The first-order chi connectivity index (χ1) is 9.29. The Morgan fingerprint density at radius 2 is 1.89 bits per heavy atom. The molecule has 1 aromatic heterocycles. The molecule has 0 aliphatic heterocycles. The normalized spacial score (nSPS) is 13.9. The van der Waals surface area contributed by atoms with E-state index in [1.807, 2.05) is 0 Å². The predicted molar refractivity (Wildman–Crippen MR) is 77.1 cm³/mol. The largest absolute Gasteiger partial charge is 0.404 e. The van der Waals surface area contributed by atoms with Crippen LogP contribution in [0.5, 0.6) is 0 Å². The van der Waals surface area contributed by atoms with Crippen LogP contribution in [0.2, 0.25) is 0 Å². The number of hydrogen-bond acceptors (Lipinski definition) is 4. The number of nitrogens with zero attached hydrogens (tertiary/aromatic N) is 2. The summed E-state index contributed by atoms with van der Waals surface area (Å²) in [6, 6.07) is 4.23. The van der Waals surface area contributed by atoms with Crippen molar-refractivity contribution in [3.05, 3.63) is 47.7 Å². The molecule has 1 aliphatic rings. The minimum Gasteiger partial charge on any atom is -0.404 e. The number of anilines is 1. The van der Waals surface area contributed by atoms with Gasteiger partial charge in [-0.25, -0.2) is 9.97 Å². The van der Waals surface area contributed by atoms with Gasteiger partial charge in [0, 0.05) is 29.2 Å². The molecule has 19 heavy (non-hydrogen) atoms.